The smallest absolute Gasteiger partial charge is 0.186 e. The number of ether oxygens (including phenoxy) is 2. The molecule has 0 N–H and O–H groups in total. The first-order valence-electron chi connectivity index (χ1n) is 12.9. The van der Waals surface area contributed by atoms with Crippen LogP contribution in [0.4, 0.5) is 0 Å². The van der Waals surface area contributed by atoms with Gasteiger partial charge in [0.05, 0.1) is 13.2 Å². The summed E-state index contributed by atoms with van der Waals surface area (Å²) in [5, 5.41) is 0. The van der Waals surface area contributed by atoms with Crippen LogP contribution < -0.4 is 0 Å². The van der Waals surface area contributed by atoms with Gasteiger partial charge in [0.1, 0.15) is 0 Å². The molecule has 0 spiro atoms. The Labute approximate surface area is 196 Å². The number of unbranched alkanes of at least 4 members (excludes halogenated alkanes) is 4. The lowest BCUT2D eigenvalue weighted by Crippen LogP contribution is -2.31. The summed E-state index contributed by atoms with van der Waals surface area (Å²) in [4.78, 5) is 2.42. The van der Waals surface area contributed by atoms with E-state index in [9.17, 15) is 0 Å². The van der Waals surface area contributed by atoms with Gasteiger partial charge in [-0.2, -0.15) is 0 Å². The van der Waals surface area contributed by atoms with Gasteiger partial charge in [-0.15, -0.1) is 0 Å². The second kappa shape index (κ2) is 19.7. The fraction of sp³-hybridized carbons (Fsp3) is 1.00. The summed E-state index contributed by atoms with van der Waals surface area (Å²) in [5.41, 5.74) is 0. The second-order valence-electron chi connectivity index (χ2n) is 9.67. The van der Waals surface area contributed by atoms with E-state index in [0.717, 1.165) is 72.1 Å². The zero-order valence-corrected chi connectivity index (χ0v) is 24.1. The molecule has 0 bridgehead atoms. The molecule has 0 aromatic carbocycles. The molecule has 0 fully saturated rings. The van der Waals surface area contributed by atoms with Crippen molar-refractivity contribution >= 4 is 16.6 Å². The number of nitrogens with zero attached hydrogens (tertiary/aromatic N) is 1. The van der Waals surface area contributed by atoms with Crippen LogP contribution >= 0.6 is 0 Å². The van der Waals surface area contributed by atoms with Gasteiger partial charge in [0.25, 0.3) is 0 Å². The highest BCUT2D eigenvalue weighted by atomic mass is 28.4. The highest BCUT2D eigenvalue weighted by molar-refractivity contribution is 6.71. The molecule has 0 saturated carbocycles. The molecule has 0 unspecified atom stereocenters. The molecule has 0 aliphatic carbocycles. The average molecular weight is 478 g/mol. The Morgan fingerprint density at radius 2 is 0.968 bits per heavy atom. The van der Waals surface area contributed by atoms with Crippen molar-refractivity contribution in [3.63, 3.8) is 0 Å². The summed E-state index contributed by atoms with van der Waals surface area (Å²) in [7, 11) is -2.80. The Morgan fingerprint density at radius 1 is 0.548 bits per heavy atom. The Hall–Kier alpha value is 0.234. The minimum atomic E-state index is -1.40. The van der Waals surface area contributed by atoms with Gasteiger partial charge in [-0.3, -0.25) is 4.90 Å². The van der Waals surface area contributed by atoms with Crippen molar-refractivity contribution in [2.45, 2.75) is 97.6 Å². The molecule has 5 nitrogen and oxygen atoms in total. The maximum atomic E-state index is 5.89. The van der Waals surface area contributed by atoms with Gasteiger partial charge < -0.3 is 18.3 Å². The monoisotopic (exact) mass is 477 g/mol. The predicted octanol–water partition coefficient (Wildman–Crippen LogP) is 6.17. The maximum absolute atomic E-state index is 5.89. The van der Waals surface area contributed by atoms with Crippen molar-refractivity contribution < 1.29 is 18.3 Å². The zero-order chi connectivity index (χ0) is 23.4. The third-order valence-electron chi connectivity index (χ3n) is 5.76. The van der Waals surface area contributed by atoms with E-state index in [1.54, 1.807) is 0 Å². The number of hydrogen-bond acceptors (Lipinski definition) is 5. The molecular weight excluding hydrogens is 422 g/mol. The molecule has 0 saturated heterocycles. The lowest BCUT2D eigenvalue weighted by Gasteiger charge is -2.22. The number of likely N-dealkylation sites (N-methyl/N-ethyl adjacent to an activating group) is 1. The summed E-state index contributed by atoms with van der Waals surface area (Å²) in [6, 6.07) is 2.52. The van der Waals surface area contributed by atoms with Crippen molar-refractivity contribution in [2.24, 2.45) is 0 Å². The Kier molecular flexibility index (Phi) is 19.8. The Balaban J connectivity index is 3.52. The summed E-state index contributed by atoms with van der Waals surface area (Å²) >= 11 is 0. The van der Waals surface area contributed by atoms with Crippen LogP contribution in [0.1, 0.15) is 59.3 Å². The van der Waals surface area contributed by atoms with Gasteiger partial charge in [0.2, 0.25) is 0 Å². The van der Waals surface area contributed by atoms with E-state index in [0.29, 0.717) is 0 Å². The van der Waals surface area contributed by atoms with Crippen molar-refractivity contribution in [3.8, 4) is 0 Å². The largest absolute Gasteiger partial charge is 0.418 e. The molecule has 0 aromatic heterocycles. The zero-order valence-electron chi connectivity index (χ0n) is 22.1. The Morgan fingerprint density at radius 3 is 1.32 bits per heavy atom. The first-order chi connectivity index (χ1) is 14.8. The highest BCUT2D eigenvalue weighted by Gasteiger charge is 2.21. The standard InChI is InChI=1S/C24H55NO4Si2/c1-8-25(17-21-26-19-13-11-15-23-30(4,5)28-9-2)18-22-27-20-14-12-16-24-31(6,7)29-10-3/h8-24H2,1-7H3. The molecular formula is C24H55NO4Si2. The highest BCUT2D eigenvalue weighted by Crippen LogP contribution is 2.16. The molecule has 0 aliphatic rings. The van der Waals surface area contributed by atoms with Crippen LogP contribution in [0.5, 0.6) is 0 Å². The fourth-order valence-electron chi connectivity index (χ4n) is 3.81. The van der Waals surface area contributed by atoms with Gasteiger partial charge in [0, 0.05) is 39.5 Å². The predicted molar refractivity (Wildman–Crippen MR) is 139 cm³/mol. The lowest BCUT2D eigenvalue weighted by atomic mass is 10.3. The molecule has 7 heteroatoms. The summed E-state index contributed by atoms with van der Waals surface area (Å²) in [6.45, 7) is 23.9. The van der Waals surface area contributed by atoms with E-state index in [1.807, 2.05) is 0 Å². The average Bonchev–Trinajstić information content (AvgIpc) is 2.70. The van der Waals surface area contributed by atoms with Crippen LogP contribution in [-0.4, -0.2) is 80.8 Å². The first kappa shape index (κ1) is 31.2. The normalized spacial score (nSPS) is 12.8. The van der Waals surface area contributed by atoms with Gasteiger partial charge in [-0.25, -0.2) is 0 Å². The first-order valence-corrected chi connectivity index (χ1v) is 19.1. The Bertz CT molecular complexity index is 364. The maximum Gasteiger partial charge on any atom is 0.186 e. The molecule has 0 aromatic rings. The molecule has 0 heterocycles. The van der Waals surface area contributed by atoms with E-state index in [-0.39, 0.29) is 0 Å². The third-order valence-corrected chi connectivity index (χ3v) is 11.0. The molecule has 188 valence electrons. The van der Waals surface area contributed by atoms with Crippen LogP contribution in [0.3, 0.4) is 0 Å². The van der Waals surface area contributed by atoms with Crippen molar-refractivity contribution in [2.75, 3.05) is 59.3 Å². The van der Waals surface area contributed by atoms with E-state index < -0.39 is 16.6 Å². The summed E-state index contributed by atoms with van der Waals surface area (Å²) in [6.07, 6.45) is 7.37. The van der Waals surface area contributed by atoms with E-state index in [2.05, 4.69) is 51.9 Å². The minimum absolute atomic E-state index is 0.826. The molecule has 0 atom stereocenters. The quantitative estimate of drug-likeness (QED) is 0.130. The summed E-state index contributed by atoms with van der Waals surface area (Å²) < 4.78 is 23.5. The molecule has 0 rings (SSSR count). The molecule has 0 radical (unpaired) electrons. The van der Waals surface area contributed by atoms with Crippen LogP contribution in [0.15, 0.2) is 0 Å². The molecule has 0 amide bonds. The van der Waals surface area contributed by atoms with Gasteiger partial charge >= 0.3 is 0 Å². The van der Waals surface area contributed by atoms with Gasteiger partial charge in [-0.05, 0) is 71.5 Å². The van der Waals surface area contributed by atoms with Crippen LogP contribution in [0.25, 0.3) is 0 Å². The van der Waals surface area contributed by atoms with Crippen molar-refractivity contribution in [1.82, 2.24) is 4.90 Å². The summed E-state index contributed by atoms with van der Waals surface area (Å²) in [5.74, 6) is 0. The molecule has 31 heavy (non-hydrogen) atoms. The fourth-order valence-corrected chi connectivity index (χ4v) is 7.86. The number of rotatable bonds is 23. The van der Waals surface area contributed by atoms with Crippen molar-refractivity contribution in [1.29, 1.82) is 0 Å². The SMILES string of the molecule is CCO[Si](C)(C)CCCCCOCCN(CC)CCOCCCCC[Si](C)(C)OCC. The van der Waals surface area contributed by atoms with Crippen molar-refractivity contribution in [3.05, 3.63) is 0 Å². The van der Waals surface area contributed by atoms with Crippen LogP contribution in [0, 0.1) is 0 Å². The van der Waals surface area contributed by atoms with Gasteiger partial charge in [0.15, 0.2) is 16.6 Å². The van der Waals surface area contributed by atoms with Crippen LogP contribution in [-0.2, 0) is 18.3 Å². The number of hydrogen-bond donors (Lipinski definition) is 0. The van der Waals surface area contributed by atoms with E-state index in [1.165, 1.54) is 37.8 Å². The van der Waals surface area contributed by atoms with E-state index >= 15 is 0 Å². The van der Waals surface area contributed by atoms with Crippen LogP contribution in [0.2, 0.25) is 38.3 Å². The second-order valence-corrected chi connectivity index (χ2v) is 18.3. The van der Waals surface area contributed by atoms with Gasteiger partial charge in [-0.1, -0.05) is 32.6 Å². The topological polar surface area (TPSA) is 40.2 Å². The van der Waals surface area contributed by atoms with E-state index in [4.69, 9.17) is 18.3 Å². The third kappa shape index (κ3) is 20.6. The lowest BCUT2D eigenvalue weighted by molar-refractivity contribution is 0.0742. The minimum Gasteiger partial charge on any atom is -0.418 e. The molecule has 0 aliphatic heterocycles.